The number of aldehydes is 1. The first kappa shape index (κ1) is 31.5. The number of carbonyl (C=O) groups is 5. The van der Waals surface area contributed by atoms with Gasteiger partial charge in [-0.1, -0.05) is 30.3 Å². The fraction of sp³-hybridized carbons (Fsp3) is 0.423. The van der Waals surface area contributed by atoms with E-state index in [-0.39, 0.29) is 11.9 Å². The second-order valence-electron chi connectivity index (χ2n) is 8.03. The van der Waals surface area contributed by atoms with E-state index in [4.69, 9.17) is 9.47 Å². The lowest BCUT2D eigenvalue weighted by molar-refractivity contribution is -0.173. The summed E-state index contributed by atoms with van der Waals surface area (Å²) >= 11 is 1.58. The first-order valence-corrected chi connectivity index (χ1v) is 12.3. The van der Waals surface area contributed by atoms with E-state index >= 15 is 0 Å². The van der Waals surface area contributed by atoms with Gasteiger partial charge < -0.3 is 29.2 Å². The highest BCUT2D eigenvalue weighted by Crippen LogP contribution is 2.24. The molecule has 202 valence electrons. The number of fused-ring (bicyclic) bond motifs is 1. The Hall–Kier alpha value is -3.57. The molecule has 0 fully saturated rings. The first-order valence-electron chi connectivity index (χ1n) is 11.4. The van der Waals surface area contributed by atoms with Gasteiger partial charge in [0.05, 0.1) is 6.04 Å². The number of hydrogen-bond donors (Lipinski definition) is 1. The summed E-state index contributed by atoms with van der Waals surface area (Å²) in [5.41, 5.74) is 2.13. The van der Waals surface area contributed by atoms with Crippen LogP contribution in [-0.2, 0) is 57.7 Å². The molecule has 0 saturated carbocycles. The van der Waals surface area contributed by atoms with Crippen LogP contribution in [0.3, 0.4) is 0 Å². The summed E-state index contributed by atoms with van der Waals surface area (Å²) in [7, 11) is 3.25. The van der Waals surface area contributed by atoms with Crippen molar-refractivity contribution in [2.45, 2.75) is 58.5 Å². The van der Waals surface area contributed by atoms with Crippen molar-refractivity contribution < 1.29 is 38.2 Å². The Kier molecular flexibility index (Phi) is 14.4. The molecule has 2 amide bonds. The molecule has 37 heavy (non-hydrogen) atoms. The summed E-state index contributed by atoms with van der Waals surface area (Å²) in [6, 6.07) is 11.2. The Morgan fingerprint density at radius 1 is 1.00 bits per heavy atom. The van der Waals surface area contributed by atoms with Gasteiger partial charge in [0.1, 0.15) is 12.4 Å². The van der Waals surface area contributed by atoms with Crippen LogP contribution in [0.5, 0.6) is 0 Å². The highest BCUT2D eigenvalue weighted by atomic mass is 32.1. The van der Waals surface area contributed by atoms with Crippen molar-refractivity contribution >= 4 is 41.9 Å². The molecule has 1 aliphatic rings. The van der Waals surface area contributed by atoms with E-state index in [0.29, 0.717) is 25.9 Å². The van der Waals surface area contributed by atoms with Gasteiger partial charge in [0, 0.05) is 52.5 Å². The van der Waals surface area contributed by atoms with Gasteiger partial charge >= 0.3 is 11.9 Å². The van der Waals surface area contributed by atoms with E-state index in [1.165, 1.54) is 20.8 Å². The Balaban J connectivity index is 0.000000383. The lowest BCUT2D eigenvalue weighted by atomic mass is 10.1. The summed E-state index contributed by atoms with van der Waals surface area (Å²) in [4.78, 5) is 58.1. The van der Waals surface area contributed by atoms with Gasteiger partial charge in [-0.25, -0.2) is 0 Å². The fourth-order valence-electron chi connectivity index (χ4n) is 3.40. The third-order valence-corrected chi connectivity index (χ3v) is 5.81. The van der Waals surface area contributed by atoms with Crippen molar-refractivity contribution in [1.82, 2.24) is 10.2 Å². The number of nitrogens with one attached hydrogen (secondary N) is 1. The second-order valence-corrected chi connectivity index (χ2v) is 9.06. The molecule has 3 rings (SSSR count). The van der Waals surface area contributed by atoms with Crippen LogP contribution >= 0.6 is 11.3 Å². The van der Waals surface area contributed by atoms with Gasteiger partial charge in [0.2, 0.25) is 12.5 Å². The molecule has 0 bridgehead atoms. The normalized spacial score (nSPS) is 13.7. The largest absolute Gasteiger partial charge is 0.458 e. The van der Waals surface area contributed by atoms with Crippen molar-refractivity contribution in [3.63, 3.8) is 0 Å². The maximum absolute atomic E-state index is 12.6. The second kappa shape index (κ2) is 17.0. The zero-order valence-electron chi connectivity index (χ0n) is 21.7. The van der Waals surface area contributed by atoms with Crippen LogP contribution in [-0.4, -0.2) is 67.9 Å². The van der Waals surface area contributed by atoms with Crippen LogP contribution in [0.4, 0.5) is 0 Å². The van der Waals surface area contributed by atoms with E-state index in [2.05, 4.69) is 10.1 Å². The minimum atomic E-state index is -1.13. The highest BCUT2D eigenvalue weighted by Gasteiger charge is 2.36. The van der Waals surface area contributed by atoms with E-state index in [1.54, 1.807) is 30.5 Å². The molecule has 11 heteroatoms. The average Bonchev–Trinajstić information content (AvgIpc) is 3.52. The fourth-order valence-corrected chi connectivity index (χ4v) is 4.16. The van der Waals surface area contributed by atoms with Gasteiger partial charge in [0.25, 0.3) is 5.91 Å². The van der Waals surface area contributed by atoms with Crippen molar-refractivity contribution in [3.8, 4) is 0 Å². The van der Waals surface area contributed by atoms with Crippen LogP contribution in [0.1, 0.15) is 36.8 Å². The zero-order valence-corrected chi connectivity index (χ0v) is 22.5. The maximum atomic E-state index is 12.6. The predicted octanol–water partition coefficient (Wildman–Crippen LogP) is 2.28. The SMILES string of the molecule is CC(=O)O[C@@H](C)[C@@H](OC(C)=O)C(=O)N1Cc2ccccc2C1.COC.O=CNC(C=O)Cc1cccs1. The molecule has 0 saturated heterocycles. The van der Waals surface area contributed by atoms with Crippen LogP contribution in [0.25, 0.3) is 0 Å². The molecule has 0 aliphatic carbocycles. The number of nitrogens with zero attached hydrogens (tertiary/aromatic N) is 1. The molecule has 3 atom stereocenters. The smallest absolute Gasteiger partial charge is 0.303 e. The monoisotopic (exact) mass is 534 g/mol. The number of carbonyl (C=O) groups excluding carboxylic acids is 5. The topological polar surface area (TPSA) is 128 Å². The number of thiophene rings is 1. The standard InChI is InChI=1S/C16H19NO5.C8H9NO2S.C2H6O/c1-10(21-11(2)18)15(22-12(3)19)16(20)17-8-13-6-4-5-7-14(13)9-17;10-5-7(9-6-11)4-8-2-1-3-12-8;1-3-2/h4-7,10,15H,8-9H2,1-3H3;1-3,5-7H,4H2,(H,9,11);1-2H3/t10-,15+;;/m0../s1. The zero-order chi connectivity index (χ0) is 27.8. The molecule has 10 nitrogen and oxygen atoms in total. The molecule has 2 aromatic rings. The first-order chi connectivity index (χ1) is 17.7. The van der Waals surface area contributed by atoms with Gasteiger partial charge in [-0.15, -0.1) is 11.3 Å². The highest BCUT2D eigenvalue weighted by molar-refractivity contribution is 7.09. The number of esters is 2. The van der Waals surface area contributed by atoms with Crippen LogP contribution in [0, 0.1) is 0 Å². The Labute approximate surface area is 220 Å². The lowest BCUT2D eigenvalue weighted by Gasteiger charge is -2.26. The Morgan fingerprint density at radius 2 is 1.57 bits per heavy atom. The number of rotatable bonds is 9. The molecule has 1 N–H and O–H groups in total. The van der Waals surface area contributed by atoms with Crippen LogP contribution in [0.15, 0.2) is 41.8 Å². The van der Waals surface area contributed by atoms with Gasteiger partial charge in [0.15, 0.2) is 0 Å². The molecular weight excluding hydrogens is 500 g/mol. The molecule has 1 aliphatic heterocycles. The summed E-state index contributed by atoms with van der Waals surface area (Å²) in [5, 5.41) is 4.37. The van der Waals surface area contributed by atoms with Gasteiger partial charge in [-0.3, -0.25) is 19.2 Å². The van der Waals surface area contributed by atoms with Crippen LogP contribution < -0.4 is 5.32 Å². The third kappa shape index (κ3) is 11.4. The van der Waals surface area contributed by atoms with Crippen molar-refractivity contribution in [2.24, 2.45) is 0 Å². The molecule has 0 spiro atoms. The molecule has 1 aromatic carbocycles. The number of amides is 2. The molecule has 1 unspecified atom stereocenters. The van der Waals surface area contributed by atoms with Crippen molar-refractivity contribution in [1.29, 1.82) is 0 Å². The van der Waals surface area contributed by atoms with E-state index in [9.17, 15) is 24.0 Å². The summed E-state index contributed by atoms with van der Waals surface area (Å²) in [6.07, 6.45) is -0.0888. The molecule has 1 aromatic heterocycles. The van der Waals surface area contributed by atoms with Crippen molar-refractivity contribution in [2.75, 3.05) is 14.2 Å². The number of hydrogen-bond acceptors (Lipinski definition) is 9. The Bertz CT molecular complexity index is 987. The lowest BCUT2D eigenvalue weighted by Crippen LogP contribution is -2.45. The predicted molar refractivity (Wildman–Crippen MR) is 137 cm³/mol. The molecular formula is C26H34N2O8S. The number of benzene rings is 1. The van der Waals surface area contributed by atoms with Crippen molar-refractivity contribution in [3.05, 3.63) is 57.8 Å². The molecule has 2 heterocycles. The summed E-state index contributed by atoms with van der Waals surface area (Å²) in [6.45, 7) is 4.92. The van der Waals surface area contributed by atoms with E-state index < -0.39 is 24.1 Å². The minimum Gasteiger partial charge on any atom is -0.458 e. The van der Waals surface area contributed by atoms with Gasteiger partial charge in [-0.2, -0.15) is 0 Å². The van der Waals surface area contributed by atoms with Gasteiger partial charge in [-0.05, 0) is 29.5 Å². The number of methoxy groups -OCH3 is 1. The average molecular weight is 535 g/mol. The number of ether oxygens (including phenoxy) is 3. The third-order valence-electron chi connectivity index (χ3n) is 4.91. The van der Waals surface area contributed by atoms with Crippen LogP contribution in [0.2, 0.25) is 0 Å². The maximum Gasteiger partial charge on any atom is 0.303 e. The minimum absolute atomic E-state index is 0.361. The summed E-state index contributed by atoms with van der Waals surface area (Å²) < 4.78 is 14.3. The molecule has 0 radical (unpaired) electrons. The van der Waals surface area contributed by atoms with E-state index in [0.717, 1.165) is 22.3 Å². The van der Waals surface area contributed by atoms with E-state index in [1.807, 2.05) is 41.8 Å². The summed E-state index contributed by atoms with van der Waals surface area (Å²) in [5.74, 6) is -1.48. The quantitative estimate of drug-likeness (QED) is 0.383. The Morgan fingerprint density at radius 3 is 2.00 bits per heavy atom.